The molecule has 2 aliphatic rings. The minimum atomic E-state index is 0.281. The van der Waals surface area contributed by atoms with Crippen molar-refractivity contribution in [2.75, 3.05) is 20.3 Å². The Hall–Kier alpha value is -0.900. The van der Waals surface area contributed by atoms with Crippen LogP contribution in [0.5, 0.6) is 0 Å². The van der Waals surface area contributed by atoms with Gasteiger partial charge in [-0.3, -0.25) is 0 Å². The molecule has 1 aromatic carbocycles. The SMILES string of the molecule is CNC1c2ccccc2CCC1OC1COC1. The maximum atomic E-state index is 6.10. The van der Waals surface area contributed by atoms with E-state index in [1.54, 1.807) is 0 Å². The average molecular weight is 233 g/mol. The van der Waals surface area contributed by atoms with Gasteiger partial charge in [-0.1, -0.05) is 24.3 Å². The Bertz CT molecular complexity index is 390. The van der Waals surface area contributed by atoms with Crippen LogP contribution < -0.4 is 5.32 Å². The monoisotopic (exact) mass is 233 g/mol. The van der Waals surface area contributed by atoms with E-state index in [0.29, 0.717) is 12.1 Å². The van der Waals surface area contributed by atoms with Crippen LogP contribution in [0.1, 0.15) is 23.6 Å². The smallest absolute Gasteiger partial charge is 0.105 e. The molecule has 0 saturated carbocycles. The van der Waals surface area contributed by atoms with Gasteiger partial charge in [0.1, 0.15) is 6.10 Å². The molecule has 17 heavy (non-hydrogen) atoms. The molecule has 3 heteroatoms. The van der Waals surface area contributed by atoms with Gasteiger partial charge >= 0.3 is 0 Å². The van der Waals surface area contributed by atoms with E-state index in [2.05, 4.69) is 29.6 Å². The largest absolute Gasteiger partial charge is 0.376 e. The van der Waals surface area contributed by atoms with Gasteiger partial charge in [0.15, 0.2) is 0 Å². The second-order valence-corrected chi connectivity index (χ2v) is 4.84. The zero-order valence-corrected chi connectivity index (χ0v) is 10.2. The van der Waals surface area contributed by atoms with Crippen molar-refractivity contribution in [2.24, 2.45) is 0 Å². The quantitative estimate of drug-likeness (QED) is 0.861. The van der Waals surface area contributed by atoms with Gasteiger partial charge in [0.25, 0.3) is 0 Å². The van der Waals surface area contributed by atoms with Crippen LogP contribution in [0, 0.1) is 0 Å². The summed E-state index contributed by atoms with van der Waals surface area (Å²) in [7, 11) is 2.01. The number of fused-ring (bicyclic) bond motifs is 1. The normalized spacial score (nSPS) is 28.5. The van der Waals surface area contributed by atoms with Gasteiger partial charge in [-0.25, -0.2) is 0 Å². The van der Waals surface area contributed by atoms with E-state index in [9.17, 15) is 0 Å². The molecule has 0 amide bonds. The van der Waals surface area contributed by atoms with Crippen LogP contribution in [0.25, 0.3) is 0 Å². The van der Waals surface area contributed by atoms with Gasteiger partial charge < -0.3 is 14.8 Å². The molecule has 3 nitrogen and oxygen atoms in total. The summed E-state index contributed by atoms with van der Waals surface area (Å²) in [6.07, 6.45) is 2.80. The Kier molecular flexibility index (Phi) is 3.14. The van der Waals surface area contributed by atoms with E-state index in [1.807, 2.05) is 7.05 Å². The van der Waals surface area contributed by atoms with Crippen molar-refractivity contribution < 1.29 is 9.47 Å². The van der Waals surface area contributed by atoms with Crippen molar-refractivity contribution in [1.29, 1.82) is 0 Å². The lowest BCUT2D eigenvalue weighted by Gasteiger charge is -2.38. The number of aryl methyl sites for hydroxylation is 1. The van der Waals surface area contributed by atoms with Gasteiger partial charge in [0.05, 0.1) is 25.4 Å². The van der Waals surface area contributed by atoms with Gasteiger partial charge in [-0.05, 0) is 31.0 Å². The summed E-state index contributed by atoms with van der Waals surface area (Å²) < 4.78 is 11.3. The summed E-state index contributed by atoms with van der Waals surface area (Å²) in [6, 6.07) is 8.98. The maximum absolute atomic E-state index is 6.10. The van der Waals surface area contributed by atoms with Crippen LogP contribution >= 0.6 is 0 Å². The third kappa shape index (κ3) is 2.10. The first kappa shape index (κ1) is 11.2. The molecule has 3 rings (SSSR count). The van der Waals surface area contributed by atoms with Crippen LogP contribution in [0.2, 0.25) is 0 Å². The molecule has 0 radical (unpaired) electrons. The molecule has 0 spiro atoms. The molecule has 0 aromatic heterocycles. The van der Waals surface area contributed by atoms with E-state index in [0.717, 1.165) is 26.1 Å². The highest BCUT2D eigenvalue weighted by Gasteiger charge is 2.32. The molecule has 1 aliphatic carbocycles. The van der Waals surface area contributed by atoms with Crippen molar-refractivity contribution >= 4 is 0 Å². The van der Waals surface area contributed by atoms with Crippen molar-refractivity contribution in [3.63, 3.8) is 0 Å². The van der Waals surface area contributed by atoms with Crippen LogP contribution in [0.4, 0.5) is 0 Å². The third-order valence-corrected chi connectivity index (χ3v) is 3.75. The zero-order valence-electron chi connectivity index (χ0n) is 10.2. The van der Waals surface area contributed by atoms with E-state index in [4.69, 9.17) is 9.47 Å². The van der Waals surface area contributed by atoms with Crippen molar-refractivity contribution in [3.05, 3.63) is 35.4 Å². The fraction of sp³-hybridized carbons (Fsp3) is 0.571. The summed E-state index contributed by atoms with van der Waals surface area (Å²) in [5.74, 6) is 0. The van der Waals surface area contributed by atoms with Crippen molar-refractivity contribution in [1.82, 2.24) is 5.32 Å². The summed E-state index contributed by atoms with van der Waals surface area (Å²) in [5.41, 5.74) is 2.85. The van der Waals surface area contributed by atoms with Gasteiger partial charge in [-0.15, -0.1) is 0 Å². The molecule has 1 heterocycles. The second kappa shape index (κ2) is 4.77. The highest BCUT2D eigenvalue weighted by molar-refractivity contribution is 5.33. The first-order chi connectivity index (χ1) is 8.38. The first-order valence-corrected chi connectivity index (χ1v) is 6.37. The number of hydrogen-bond acceptors (Lipinski definition) is 3. The molecule has 2 atom stereocenters. The van der Waals surface area contributed by atoms with Crippen molar-refractivity contribution in [3.8, 4) is 0 Å². The number of hydrogen-bond donors (Lipinski definition) is 1. The van der Waals surface area contributed by atoms with E-state index >= 15 is 0 Å². The molecule has 1 N–H and O–H groups in total. The first-order valence-electron chi connectivity index (χ1n) is 6.37. The molecule has 0 bridgehead atoms. The van der Waals surface area contributed by atoms with Gasteiger partial charge in [0, 0.05) is 0 Å². The Morgan fingerprint density at radius 2 is 2.12 bits per heavy atom. The topological polar surface area (TPSA) is 30.5 Å². The lowest BCUT2D eigenvalue weighted by Crippen LogP contribution is -2.44. The second-order valence-electron chi connectivity index (χ2n) is 4.84. The van der Waals surface area contributed by atoms with E-state index < -0.39 is 0 Å². The predicted octanol–water partition coefficient (Wildman–Crippen LogP) is 1.68. The Morgan fingerprint density at radius 3 is 2.82 bits per heavy atom. The molecule has 1 aromatic rings. The average Bonchev–Trinajstić information content (AvgIpc) is 2.33. The van der Waals surface area contributed by atoms with E-state index in [1.165, 1.54) is 11.1 Å². The van der Waals surface area contributed by atoms with Gasteiger partial charge in [0.2, 0.25) is 0 Å². The summed E-state index contributed by atoms with van der Waals surface area (Å²) in [4.78, 5) is 0. The lowest BCUT2D eigenvalue weighted by atomic mass is 9.85. The van der Waals surface area contributed by atoms with Gasteiger partial charge in [-0.2, -0.15) is 0 Å². The minimum absolute atomic E-state index is 0.281. The molecule has 1 saturated heterocycles. The van der Waals surface area contributed by atoms with Crippen LogP contribution in [0.15, 0.2) is 24.3 Å². The highest BCUT2D eigenvalue weighted by Crippen LogP contribution is 2.32. The fourth-order valence-corrected chi connectivity index (χ4v) is 2.76. The highest BCUT2D eigenvalue weighted by atomic mass is 16.6. The molecule has 1 fully saturated rings. The minimum Gasteiger partial charge on any atom is -0.376 e. The summed E-state index contributed by atoms with van der Waals surface area (Å²) in [5, 5.41) is 3.40. The molecular weight excluding hydrogens is 214 g/mol. The Morgan fingerprint density at radius 1 is 1.29 bits per heavy atom. The number of nitrogens with one attached hydrogen (secondary N) is 1. The van der Waals surface area contributed by atoms with Crippen molar-refractivity contribution in [2.45, 2.75) is 31.1 Å². The number of ether oxygens (including phenoxy) is 2. The lowest BCUT2D eigenvalue weighted by molar-refractivity contribution is -0.163. The van der Waals surface area contributed by atoms with Crippen LogP contribution in [0.3, 0.4) is 0 Å². The summed E-state index contributed by atoms with van der Waals surface area (Å²) >= 11 is 0. The number of likely N-dealkylation sites (N-methyl/N-ethyl adjacent to an activating group) is 1. The Balaban J connectivity index is 1.78. The Labute approximate surface area is 102 Å². The van der Waals surface area contributed by atoms with Crippen LogP contribution in [-0.4, -0.2) is 32.5 Å². The molecular formula is C14H19NO2. The third-order valence-electron chi connectivity index (χ3n) is 3.75. The summed E-state index contributed by atoms with van der Waals surface area (Å²) in [6.45, 7) is 1.52. The fourth-order valence-electron chi connectivity index (χ4n) is 2.76. The standard InChI is InChI=1S/C14H19NO2/c1-15-14-12-5-3-2-4-10(12)6-7-13(14)17-11-8-16-9-11/h2-5,11,13-15H,6-9H2,1H3. The zero-order chi connectivity index (χ0) is 11.7. The van der Waals surface area contributed by atoms with E-state index in [-0.39, 0.29) is 6.10 Å². The maximum Gasteiger partial charge on any atom is 0.105 e. The number of benzene rings is 1. The number of rotatable bonds is 3. The molecule has 2 unspecified atom stereocenters. The predicted molar refractivity (Wildman–Crippen MR) is 66.0 cm³/mol. The van der Waals surface area contributed by atoms with Crippen LogP contribution in [-0.2, 0) is 15.9 Å². The molecule has 1 aliphatic heterocycles. The molecule has 92 valence electrons.